The third-order valence-electron chi connectivity index (χ3n) is 7.07. The maximum Gasteiger partial charge on any atom is 0.310 e. The predicted octanol–water partition coefficient (Wildman–Crippen LogP) is 1.13. The lowest BCUT2D eigenvalue weighted by atomic mass is 10.0. The maximum atomic E-state index is 13.4. The van der Waals surface area contributed by atoms with Crippen molar-refractivity contribution in [3.63, 3.8) is 0 Å². The zero-order valence-corrected chi connectivity index (χ0v) is 20.7. The number of pyridine rings is 1. The molecule has 3 saturated heterocycles. The van der Waals surface area contributed by atoms with Crippen LogP contribution >= 0.6 is 0 Å². The molecule has 2 unspecified atom stereocenters. The summed E-state index contributed by atoms with van der Waals surface area (Å²) in [5, 5.41) is 11.0. The van der Waals surface area contributed by atoms with E-state index in [0.717, 1.165) is 10.8 Å². The van der Waals surface area contributed by atoms with Gasteiger partial charge < -0.3 is 20.1 Å². The standard InChI is InChI=1S/C26H31N5O6/c1-2-36-26-19(14-22(33)37-26)29-24(34)20-8-5-13-30-21(32)10-9-17(15-31(20)30)28-25(35)23-18-7-4-3-6-16(18)11-12-27-23/h3-4,6-7,11-12,17,19-20,26H,2,5,8-10,13-15H2,1H3,(H,28,35)(H,29,34)/t17?,19?,20-,26+/m0/s1. The molecule has 11 heteroatoms. The molecule has 0 bridgehead atoms. The number of rotatable bonds is 6. The zero-order chi connectivity index (χ0) is 25.9. The van der Waals surface area contributed by atoms with Crippen LogP contribution in [-0.2, 0) is 23.9 Å². The Morgan fingerprint density at radius 3 is 2.84 bits per heavy atom. The molecule has 5 rings (SSSR count). The molecular formula is C26H31N5O6. The topological polar surface area (TPSA) is 130 Å². The molecule has 0 saturated carbocycles. The van der Waals surface area contributed by atoms with Crippen molar-refractivity contribution in [3.8, 4) is 0 Å². The van der Waals surface area contributed by atoms with Crippen LogP contribution < -0.4 is 10.6 Å². The van der Waals surface area contributed by atoms with E-state index in [2.05, 4.69) is 15.6 Å². The van der Waals surface area contributed by atoms with Crippen molar-refractivity contribution in [1.82, 2.24) is 25.6 Å². The van der Waals surface area contributed by atoms with E-state index in [9.17, 15) is 19.2 Å². The Balaban J connectivity index is 1.32. The molecule has 3 fully saturated rings. The molecule has 0 aliphatic carbocycles. The van der Waals surface area contributed by atoms with Crippen LogP contribution in [0.2, 0.25) is 0 Å². The van der Waals surface area contributed by atoms with Crippen LogP contribution in [0, 0.1) is 0 Å². The fourth-order valence-corrected chi connectivity index (χ4v) is 5.30. The van der Waals surface area contributed by atoms with Gasteiger partial charge in [0.15, 0.2) is 0 Å². The third-order valence-corrected chi connectivity index (χ3v) is 7.07. The zero-order valence-electron chi connectivity index (χ0n) is 20.7. The summed E-state index contributed by atoms with van der Waals surface area (Å²) in [4.78, 5) is 55.7. The van der Waals surface area contributed by atoms with E-state index in [1.54, 1.807) is 23.1 Å². The van der Waals surface area contributed by atoms with Gasteiger partial charge in [0.25, 0.3) is 5.91 Å². The fourth-order valence-electron chi connectivity index (χ4n) is 5.30. The number of ether oxygens (including phenoxy) is 2. The second-order valence-electron chi connectivity index (χ2n) is 9.52. The van der Waals surface area contributed by atoms with Gasteiger partial charge in [-0.15, -0.1) is 0 Å². The Labute approximate surface area is 214 Å². The van der Waals surface area contributed by atoms with Crippen molar-refractivity contribution in [2.75, 3.05) is 19.7 Å². The first-order valence-electron chi connectivity index (χ1n) is 12.8. The summed E-state index contributed by atoms with van der Waals surface area (Å²) in [6, 6.07) is 7.82. The molecule has 4 atom stereocenters. The number of nitrogens with one attached hydrogen (secondary N) is 2. The lowest BCUT2D eigenvalue weighted by molar-refractivity contribution is -0.168. The molecular weight excluding hydrogens is 478 g/mol. The Morgan fingerprint density at radius 1 is 1.16 bits per heavy atom. The molecule has 3 amide bonds. The van der Waals surface area contributed by atoms with Crippen LogP contribution in [0.25, 0.3) is 10.8 Å². The van der Waals surface area contributed by atoms with E-state index in [0.29, 0.717) is 44.7 Å². The molecule has 1 aromatic carbocycles. The van der Waals surface area contributed by atoms with Gasteiger partial charge in [0.2, 0.25) is 18.1 Å². The van der Waals surface area contributed by atoms with Crippen molar-refractivity contribution < 1.29 is 28.7 Å². The predicted molar refractivity (Wildman–Crippen MR) is 132 cm³/mol. The molecule has 4 heterocycles. The molecule has 11 nitrogen and oxygen atoms in total. The van der Waals surface area contributed by atoms with Crippen LogP contribution in [0.5, 0.6) is 0 Å². The average Bonchev–Trinajstić information content (AvgIpc) is 3.15. The van der Waals surface area contributed by atoms with Gasteiger partial charge in [0, 0.05) is 43.7 Å². The van der Waals surface area contributed by atoms with Gasteiger partial charge >= 0.3 is 5.97 Å². The summed E-state index contributed by atoms with van der Waals surface area (Å²) < 4.78 is 10.6. The number of fused-ring (bicyclic) bond motifs is 2. The quantitative estimate of drug-likeness (QED) is 0.555. The second-order valence-corrected chi connectivity index (χ2v) is 9.52. The van der Waals surface area contributed by atoms with Crippen LogP contribution in [-0.4, -0.2) is 82.8 Å². The van der Waals surface area contributed by atoms with E-state index in [4.69, 9.17) is 9.47 Å². The van der Waals surface area contributed by atoms with Crippen LogP contribution in [0.4, 0.5) is 0 Å². The van der Waals surface area contributed by atoms with E-state index in [1.165, 1.54) is 0 Å². The largest absolute Gasteiger partial charge is 0.433 e. The van der Waals surface area contributed by atoms with Gasteiger partial charge in [-0.25, -0.2) is 5.01 Å². The minimum Gasteiger partial charge on any atom is -0.433 e. The van der Waals surface area contributed by atoms with E-state index < -0.39 is 24.3 Å². The number of cyclic esters (lactones) is 1. The van der Waals surface area contributed by atoms with Gasteiger partial charge in [0.05, 0.1) is 6.42 Å². The molecule has 1 aromatic heterocycles. The molecule has 2 aromatic rings. The van der Waals surface area contributed by atoms with E-state index >= 15 is 0 Å². The van der Waals surface area contributed by atoms with Gasteiger partial charge in [-0.2, -0.15) is 0 Å². The number of hydrogen-bond donors (Lipinski definition) is 2. The number of nitrogens with zero attached hydrogens (tertiary/aromatic N) is 3. The first-order valence-corrected chi connectivity index (χ1v) is 12.8. The molecule has 0 radical (unpaired) electrons. The summed E-state index contributed by atoms with van der Waals surface area (Å²) >= 11 is 0. The highest BCUT2D eigenvalue weighted by atomic mass is 16.7. The summed E-state index contributed by atoms with van der Waals surface area (Å²) in [6.07, 6.45) is 2.74. The summed E-state index contributed by atoms with van der Waals surface area (Å²) in [5.74, 6) is -1.12. The highest BCUT2D eigenvalue weighted by Gasteiger charge is 2.43. The van der Waals surface area contributed by atoms with E-state index in [-0.39, 0.29) is 36.6 Å². The molecule has 37 heavy (non-hydrogen) atoms. The highest BCUT2D eigenvalue weighted by molar-refractivity contribution is 6.05. The van der Waals surface area contributed by atoms with Crippen LogP contribution in [0.15, 0.2) is 36.5 Å². The Hall–Kier alpha value is -3.57. The first-order chi connectivity index (χ1) is 17.9. The Kier molecular flexibility index (Phi) is 7.33. The van der Waals surface area contributed by atoms with Crippen molar-refractivity contribution in [2.45, 2.75) is 63.4 Å². The number of carbonyl (C=O) groups is 4. The van der Waals surface area contributed by atoms with Gasteiger partial charge in [-0.3, -0.25) is 29.2 Å². The highest BCUT2D eigenvalue weighted by Crippen LogP contribution is 2.25. The number of aromatic nitrogens is 1. The molecule has 196 valence electrons. The van der Waals surface area contributed by atoms with Gasteiger partial charge in [-0.05, 0) is 37.6 Å². The SMILES string of the molecule is CCO[C@@H]1OC(=O)CC1NC(=O)[C@@H]1CCCN2C(=O)CCC(NC(=O)c3nccc4ccccc34)CN12. The monoisotopic (exact) mass is 509 g/mol. The summed E-state index contributed by atoms with van der Waals surface area (Å²) in [5.41, 5.74) is 0.325. The number of hydrazine groups is 1. The number of carbonyl (C=O) groups excluding carboxylic acids is 4. The van der Waals surface area contributed by atoms with Crippen molar-refractivity contribution in [2.24, 2.45) is 0 Å². The number of esters is 1. The maximum absolute atomic E-state index is 13.4. The van der Waals surface area contributed by atoms with Gasteiger partial charge in [-0.1, -0.05) is 24.3 Å². The van der Waals surface area contributed by atoms with Crippen molar-refractivity contribution >= 4 is 34.5 Å². The first kappa shape index (κ1) is 25.1. The number of benzene rings is 1. The summed E-state index contributed by atoms with van der Waals surface area (Å²) in [7, 11) is 0. The lowest BCUT2D eigenvalue weighted by Gasteiger charge is -2.43. The summed E-state index contributed by atoms with van der Waals surface area (Å²) in [6.45, 7) is 2.94. The van der Waals surface area contributed by atoms with Crippen LogP contribution in [0.3, 0.4) is 0 Å². The van der Waals surface area contributed by atoms with Crippen molar-refractivity contribution in [1.29, 1.82) is 0 Å². The second kappa shape index (κ2) is 10.8. The van der Waals surface area contributed by atoms with Crippen molar-refractivity contribution in [3.05, 3.63) is 42.2 Å². The minimum atomic E-state index is -0.827. The Morgan fingerprint density at radius 2 is 2.00 bits per heavy atom. The fraction of sp³-hybridized carbons (Fsp3) is 0.500. The normalized spacial score (nSPS) is 26.4. The van der Waals surface area contributed by atoms with E-state index in [1.807, 2.05) is 30.3 Å². The van der Waals surface area contributed by atoms with Gasteiger partial charge in [0.1, 0.15) is 17.8 Å². The molecule has 3 aliphatic rings. The smallest absolute Gasteiger partial charge is 0.310 e. The molecule has 2 N–H and O–H groups in total. The minimum absolute atomic E-state index is 0.0302. The average molecular weight is 510 g/mol. The number of amides is 3. The Bertz CT molecular complexity index is 1200. The third kappa shape index (κ3) is 5.28. The molecule has 3 aliphatic heterocycles. The lowest BCUT2D eigenvalue weighted by Crippen LogP contribution is -2.62. The molecule has 0 spiro atoms. The number of hydrogen-bond acceptors (Lipinski definition) is 8. The van der Waals surface area contributed by atoms with Crippen LogP contribution in [0.1, 0.15) is 49.5 Å².